The highest BCUT2D eigenvalue weighted by molar-refractivity contribution is 5.81. The molecule has 1 unspecified atom stereocenters. The van der Waals surface area contributed by atoms with Gasteiger partial charge in [-0.3, -0.25) is 4.79 Å². The molecule has 4 heteroatoms. The summed E-state index contributed by atoms with van der Waals surface area (Å²) in [5, 5.41) is 0. The molecular weight excluding hydrogens is 231 g/mol. The van der Waals surface area contributed by atoms with Crippen LogP contribution in [0.5, 0.6) is 0 Å². The van der Waals surface area contributed by atoms with Crippen LogP contribution in [0, 0.1) is 11.7 Å². The van der Waals surface area contributed by atoms with Gasteiger partial charge in [0, 0.05) is 13.6 Å². The second-order valence-electron chi connectivity index (χ2n) is 4.87. The van der Waals surface area contributed by atoms with Crippen molar-refractivity contribution >= 4 is 5.91 Å². The van der Waals surface area contributed by atoms with Gasteiger partial charge < -0.3 is 10.6 Å². The Kier molecular flexibility index (Phi) is 5.28. The van der Waals surface area contributed by atoms with Gasteiger partial charge in [0.05, 0.1) is 6.04 Å². The molecule has 18 heavy (non-hydrogen) atoms. The van der Waals surface area contributed by atoms with Crippen molar-refractivity contribution in [2.75, 3.05) is 13.6 Å². The van der Waals surface area contributed by atoms with E-state index < -0.39 is 6.04 Å². The predicted molar refractivity (Wildman–Crippen MR) is 70.6 cm³/mol. The normalized spacial score (nSPS) is 12.6. The summed E-state index contributed by atoms with van der Waals surface area (Å²) >= 11 is 0. The lowest BCUT2D eigenvalue weighted by Gasteiger charge is -2.23. The summed E-state index contributed by atoms with van der Waals surface area (Å²) in [4.78, 5) is 13.5. The highest BCUT2D eigenvalue weighted by Gasteiger charge is 2.20. The SMILES string of the molecule is CC(C)C(N)C(=O)N(C)CCc1ccccc1F. The van der Waals surface area contributed by atoms with Gasteiger partial charge in [-0.2, -0.15) is 0 Å². The van der Waals surface area contributed by atoms with Crippen molar-refractivity contribution in [3.63, 3.8) is 0 Å². The third-order valence-corrected chi connectivity index (χ3v) is 3.05. The first kappa shape index (κ1) is 14.6. The van der Waals surface area contributed by atoms with Crippen LogP contribution in [0.3, 0.4) is 0 Å². The molecule has 0 aromatic heterocycles. The fourth-order valence-corrected chi connectivity index (χ4v) is 1.64. The second-order valence-corrected chi connectivity index (χ2v) is 4.87. The Labute approximate surface area is 108 Å². The Balaban J connectivity index is 2.54. The van der Waals surface area contributed by atoms with Crippen LogP contribution < -0.4 is 5.73 Å². The maximum Gasteiger partial charge on any atom is 0.239 e. The van der Waals surface area contributed by atoms with Crippen molar-refractivity contribution in [1.82, 2.24) is 4.90 Å². The van der Waals surface area contributed by atoms with E-state index in [1.807, 2.05) is 13.8 Å². The molecule has 0 saturated heterocycles. The lowest BCUT2D eigenvalue weighted by atomic mass is 10.0. The number of likely N-dealkylation sites (N-methyl/N-ethyl adjacent to an activating group) is 1. The first-order valence-electron chi connectivity index (χ1n) is 6.17. The number of nitrogens with two attached hydrogens (primary N) is 1. The van der Waals surface area contributed by atoms with E-state index in [2.05, 4.69) is 0 Å². The van der Waals surface area contributed by atoms with Crippen LogP contribution in [0.1, 0.15) is 19.4 Å². The van der Waals surface area contributed by atoms with E-state index in [0.29, 0.717) is 18.5 Å². The third-order valence-electron chi connectivity index (χ3n) is 3.05. The minimum Gasteiger partial charge on any atom is -0.344 e. The summed E-state index contributed by atoms with van der Waals surface area (Å²) in [6.45, 7) is 4.29. The van der Waals surface area contributed by atoms with Crippen molar-refractivity contribution < 1.29 is 9.18 Å². The number of carbonyl (C=O) groups is 1. The van der Waals surface area contributed by atoms with Crippen LogP contribution in [0.2, 0.25) is 0 Å². The summed E-state index contributed by atoms with van der Waals surface area (Å²) in [7, 11) is 1.70. The van der Waals surface area contributed by atoms with Crippen LogP contribution in [0.25, 0.3) is 0 Å². The highest BCUT2D eigenvalue weighted by Crippen LogP contribution is 2.08. The molecule has 3 nitrogen and oxygen atoms in total. The molecule has 0 aliphatic rings. The van der Waals surface area contributed by atoms with Gasteiger partial charge in [-0.05, 0) is 24.0 Å². The van der Waals surface area contributed by atoms with Crippen LogP contribution in [-0.2, 0) is 11.2 Å². The second kappa shape index (κ2) is 6.50. The number of nitrogens with zero attached hydrogens (tertiary/aromatic N) is 1. The summed E-state index contributed by atoms with van der Waals surface area (Å²) in [5.74, 6) is -0.221. The summed E-state index contributed by atoms with van der Waals surface area (Å²) < 4.78 is 13.4. The van der Waals surface area contributed by atoms with Crippen molar-refractivity contribution in [2.45, 2.75) is 26.3 Å². The van der Waals surface area contributed by atoms with E-state index >= 15 is 0 Å². The van der Waals surface area contributed by atoms with E-state index in [-0.39, 0.29) is 17.6 Å². The molecule has 0 saturated carbocycles. The minimum absolute atomic E-state index is 0.0960. The zero-order valence-corrected chi connectivity index (χ0v) is 11.2. The zero-order valence-electron chi connectivity index (χ0n) is 11.2. The number of rotatable bonds is 5. The van der Waals surface area contributed by atoms with E-state index in [1.54, 1.807) is 30.1 Å². The highest BCUT2D eigenvalue weighted by atomic mass is 19.1. The fourth-order valence-electron chi connectivity index (χ4n) is 1.64. The molecule has 0 spiro atoms. The first-order chi connectivity index (χ1) is 8.43. The van der Waals surface area contributed by atoms with E-state index in [1.165, 1.54) is 6.07 Å². The number of hydrogen-bond acceptors (Lipinski definition) is 2. The van der Waals surface area contributed by atoms with Gasteiger partial charge in [-0.15, -0.1) is 0 Å². The molecule has 2 N–H and O–H groups in total. The lowest BCUT2D eigenvalue weighted by Crippen LogP contribution is -2.45. The third kappa shape index (κ3) is 3.81. The van der Waals surface area contributed by atoms with E-state index in [9.17, 15) is 9.18 Å². The summed E-state index contributed by atoms with van der Waals surface area (Å²) in [6, 6.07) is 6.12. The number of carbonyl (C=O) groups excluding carboxylic acids is 1. The molecule has 0 aliphatic carbocycles. The fraction of sp³-hybridized carbons (Fsp3) is 0.500. The largest absolute Gasteiger partial charge is 0.344 e. The Morgan fingerprint density at radius 3 is 2.56 bits per heavy atom. The Morgan fingerprint density at radius 1 is 1.39 bits per heavy atom. The predicted octanol–water partition coefficient (Wildman–Crippen LogP) is 1.81. The molecule has 0 aliphatic heterocycles. The molecular formula is C14H21FN2O. The molecule has 0 bridgehead atoms. The number of benzene rings is 1. The lowest BCUT2D eigenvalue weighted by molar-refractivity contribution is -0.132. The van der Waals surface area contributed by atoms with Gasteiger partial charge in [0.2, 0.25) is 5.91 Å². The number of halogens is 1. The van der Waals surface area contributed by atoms with Crippen LogP contribution in [-0.4, -0.2) is 30.4 Å². The average Bonchev–Trinajstić information content (AvgIpc) is 2.35. The maximum atomic E-state index is 13.4. The Hall–Kier alpha value is -1.42. The van der Waals surface area contributed by atoms with E-state index in [4.69, 9.17) is 5.73 Å². The van der Waals surface area contributed by atoms with Crippen LogP contribution in [0.15, 0.2) is 24.3 Å². The quantitative estimate of drug-likeness (QED) is 0.868. The molecule has 0 radical (unpaired) electrons. The molecule has 0 heterocycles. The molecule has 0 fully saturated rings. The Morgan fingerprint density at radius 2 is 2.00 bits per heavy atom. The van der Waals surface area contributed by atoms with E-state index in [0.717, 1.165) is 0 Å². The van der Waals surface area contributed by atoms with Gasteiger partial charge in [-0.1, -0.05) is 32.0 Å². The molecule has 1 atom stereocenters. The number of hydrogen-bond donors (Lipinski definition) is 1. The van der Waals surface area contributed by atoms with Crippen molar-refractivity contribution in [3.8, 4) is 0 Å². The van der Waals surface area contributed by atoms with Crippen molar-refractivity contribution in [2.24, 2.45) is 11.7 Å². The van der Waals surface area contributed by atoms with Gasteiger partial charge in [0.1, 0.15) is 5.82 Å². The minimum atomic E-state index is -0.490. The molecule has 1 aromatic rings. The molecule has 1 aromatic carbocycles. The smallest absolute Gasteiger partial charge is 0.239 e. The van der Waals surface area contributed by atoms with Crippen LogP contribution >= 0.6 is 0 Å². The zero-order chi connectivity index (χ0) is 13.7. The summed E-state index contributed by atoms with van der Waals surface area (Å²) in [6.07, 6.45) is 0.500. The van der Waals surface area contributed by atoms with Crippen LogP contribution in [0.4, 0.5) is 4.39 Å². The molecule has 1 amide bonds. The number of amides is 1. The molecule has 100 valence electrons. The molecule has 1 rings (SSSR count). The monoisotopic (exact) mass is 252 g/mol. The van der Waals surface area contributed by atoms with Crippen molar-refractivity contribution in [3.05, 3.63) is 35.6 Å². The summed E-state index contributed by atoms with van der Waals surface area (Å²) in [5.41, 5.74) is 6.42. The van der Waals surface area contributed by atoms with Gasteiger partial charge in [-0.25, -0.2) is 4.39 Å². The van der Waals surface area contributed by atoms with Gasteiger partial charge in [0.15, 0.2) is 0 Å². The topological polar surface area (TPSA) is 46.3 Å². The first-order valence-corrected chi connectivity index (χ1v) is 6.17. The van der Waals surface area contributed by atoms with Gasteiger partial charge >= 0.3 is 0 Å². The standard InChI is InChI=1S/C14H21FN2O/c1-10(2)13(16)14(18)17(3)9-8-11-6-4-5-7-12(11)15/h4-7,10,13H,8-9,16H2,1-3H3. The maximum absolute atomic E-state index is 13.4. The average molecular weight is 252 g/mol. The van der Waals surface area contributed by atoms with Crippen molar-refractivity contribution in [1.29, 1.82) is 0 Å². The van der Waals surface area contributed by atoms with Gasteiger partial charge in [0.25, 0.3) is 0 Å². The Bertz CT molecular complexity index is 407.